The molecule has 1 unspecified atom stereocenters. The normalized spacial score (nSPS) is 12.8. The second kappa shape index (κ2) is 4.13. The van der Waals surface area contributed by atoms with Gasteiger partial charge in [0.2, 0.25) is 0 Å². The number of Topliss-reactive ketones (excluding diaryl/α,β-unsaturated/α-hetero) is 1. The van der Waals surface area contributed by atoms with Crippen LogP contribution in [0.1, 0.15) is 32.0 Å². The highest BCUT2D eigenvalue weighted by molar-refractivity contribution is 5.81. The molecule has 5 heteroatoms. The van der Waals surface area contributed by atoms with Crippen molar-refractivity contribution in [2.45, 2.75) is 32.9 Å². The van der Waals surface area contributed by atoms with Crippen LogP contribution in [-0.4, -0.2) is 20.8 Å². The zero-order valence-corrected chi connectivity index (χ0v) is 7.90. The Morgan fingerprint density at radius 2 is 2.46 bits per heavy atom. The molecule has 0 amide bonds. The summed E-state index contributed by atoms with van der Waals surface area (Å²) in [5.41, 5.74) is 6.08. The Morgan fingerprint density at radius 3 is 2.92 bits per heavy atom. The molecule has 0 saturated heterocycles. The lowest BCUT2D eigenvalue weighted by atomic mass is 10.2. The summed E-state index contributed by atoms with van der Waals surface area (Å²) in [7, 11) is 0. The molecule has 1 heterocycles. The average molecular weight is 182 g/mol. The monoisotopic (exact) mass is 182 g/mol. The minimum Gasteiger partial charge on any atom is -0.325 e. The van der Waals surface area contributed by atoms with Crippen LogP contribution in [0.15, 0.2) is 6.20 Å². The molecule has 1 rings (SSSR count). The molecule has 0 aromatic carbocycles. The van der Waals surface area contributed by atoms with Gasteiger partial charge in [-0.2, -0.15) is 0 Å². The van der Waals surface area contributed by atoms with Crippen LogP contribution >= 0.6 is 0 Å². The van der Waals surface area contributed by atoms with Gasteiger partial charge in [0.1, 0.15) is 6.04 Å². The molecule has 72 valence electrons. The van der Waals surface area contributed by atoms with E-state index in [-0.39, 0.29) is 11.8 Å². The summed E-state index contributed by atoms with van der Waals surface area (Å²) in [4.78, 5) is 11.3. The predicted octanol–water partition coefficient (Wildman–Crippen LogP) is 0.277. The summed E-state index contributed by atoms with van der Waals surface area (Å²) in [5, 5.41) is 7.63. The molecular formula is C8H14N4O. The fraction of sp³-hybridized carbons (Fsp3) is 0.625. The number of rotatable bonds is 4. The molecule has 0 saturated carbocycles. The van der Waals surface area contributed by atoms with E-state index in [0.29, 0.717) is 18.7 Å². The van der Waals surface area contributed by atoms with E-state index < -0.39 is 0 Å². The molecule has 0 spiro atoms. The van der Waals surface area contributed by atoms with Gasteiger partial charge in [-0.25, -0.2) is 4.68 Å². The number of aromatic nitrogens is 3. The van der Waals surface area contributed by atoms with Crippen LogP contribution in [0.4, 0.5) is 0 Å². The van der Waals surface area contributed by atoms with E-state index in [1.165, 1.54) is 0 Å². The van der Waals surface area contributed by atoms with Gasteiger partial charge in [0, 0.05) is 13.0 Å². The number of nitrogens with two attached hydrogens (primary N) is 1. The topological polar surface area (TPSA) is 73.8 Å². The molecule has 0 aliphatic carbocycles. The lowest BCUT2D eigenvalue weighted by Crippen LogP contribution is -2.16. The lowest BCUT2D eigenvalue weighted by molar-refractivity contribution is -0.121. The maximum Gasteiger partial charge on any atom is 0.156 e. The summed E-state index contributed by atoms with van der Waals surface area (Å²) in [6.45, 7) is 3.99. The molecule has 0 aliphatic heterocycles. The van der Waals surface area contributed by atoms with Crippen LogP contribution in [-0.2, 0) is 11.3 Å². The summed E-state index contributed by atoms with van der Waals surface area (Å²) in [5.74, 6) is 0.147. The molecule has 0 radical (unpaired) electrons. The van der Waals surface area contributed by atoms with Crippen LogP contribution in [0.2, 0.25) is 0 Å². The van der Waals surface area contributed by atoms with Crippen molar-refractivity contribution in [3.05, 3.63) is 11.9 Å². The van der Waals surface area contributed by atoms with E-state index in [2.05, 4.69) is 10.3 Å². The highest BCUT2D eigenvalue weighted by atomic mass is 16.1. The SMILES string of the molecule is CCC(=O)C(C)n1cc(CN)nn1. The quantitative estimate of drug-likeness (QED) is 0.725. The first-order valence-corrected chi connectivity index (χ1v) is 4.32. The van der Waals surface area contributed by atoms with Crippen LogP contribution in [0.5, 0.6) is 0 Å². The fourth-order valence-electron chi connectivity index (χ4n) is 1.04. The standard InChI is InChI=1S/C8H14N4O/c1-3-8(13)6(2)12-5-7(4-9)10-11-12/h5-6H,3-4,9H2,1-2H3. The molecule has 0 bridgehead atoms. The Bertz CT molecular complexity index is 294. The molecule has 1 aromatic heterocycles. The maximum atomic E-state index is 11.3. The van der Waals surface area contributed by atoms with Crippen molar-refractivity contribution in [2.24, 2.45) is 5.73 Å². The van der Waals surface area contributed by atoms with E-state index in [9.17, 15) is 4.79 Å². The minimum atomic E-state index is -0.238. The highest BCUT2D eigenvalue weighted by Gasteiger charge is 2.13. The molecule has 5 nitrogen and oxygen atoms in total. The summed E-state index contributed by atoms with van der Waals surface area (Å²) in [6, 6.07) is -0.238. The van der Waals surface area contributed by atoms with Crippen LogP contribution < -0.4 is 5.73 Å². The molecule has 0 aliphatic rings. The first-order chi connectivity index (χ1) is 6.19. The minimum absolute atomic E-state index is 0.147. The highest BCUT2D eigenvalue weighted by Crippen LogP contribution is 2.07. The second-order valence-electron chi connectivity index (χ2n) is 2.89. The van der Waals surface area contributed by atoms with E-state index >= 15 is 0 Å². The van der Waals surface area contributed by atoms with Gasteiger partial charge in [-0.1, -0.05) is 12.1 Å². The number of carbonyl (C=O) groups excluding carboxylic acids is 1. The first kappa shape index (κ1) is 9.85. The molecule has 1 atom stereocenters. The van der Waals surface area contributed by atoms with E-state index in [0.717, 1.165) is 0 Å². The third-order valence-electron chi connectivity index (χ3n) is 1.98. The number of ketones is 1. The van der Waals surface area contributed by atoms with Gasteiger partial charge >= 0.3 is 0 Å². The van der Waals surface area contributed by atoms with Gasteiger partial charge < -0.3 is 5.73 Å². The third kappa shape index (κ3) is 2.12. The van der Waals surface area contributed by atoms with Gasteiger partial charge in [0.25, 0.3) is 0 Å². The number of nitrogens with zero attached hydrogens (tertiary/aromatic N) is 3. The second-order valence-corrected chi connectivity index (χ2v) is 2.89. The van der Waals surface area contributed by atoms with Crippen LogP contribution in [0, 0.1) is 0 Å². The van der Waals surface area contributed by atoms with E-state index in [1.54, 1.807) is 17.8 Å². The first-order valence-electron chi connectivity index (χ1n) is 4.32. The van der Waals surface area contributed by atoms with Gasteiger partial charge in [-0.3, -0.25) is 4.79 Å². The zero-order chi connectivity index (χ0) is 9.84. The van der Waals surface area contributed by atoms with Gasteiger partial charge in [-0.05, 0) is 6.92 Å². The van der Waals surface area contributed by atoms with Crippen molar-refractivity contribution in [3.63, 3.8) is 0 Å². The third-order valence-corrected chi connectivity index (χ3v) is 1.98. The summed E-state index contributed by atoms with van der Waals surface area (Å²) < 4.78 is 1.55. The Kier molecular flexibility index (Phi) is 3.13. The predicted molar refractivity (Wildman–Crippen MR) is 47.9 cm³/mol. The van der Waals surface area contributed by atoms with Crippen molar-refractivity contribution in [1.82, 2.24) is 15.0 Å². The maximum absolute atomic E-state index is 11.3. The summed E-state index contributed by atoms with van der Waals surface area (Å²) >= 11 is 0. The molecule has 0 fully saturated rings. The van der Waals surface area contributed by atoms with Gasteiger partial charge in [0.15, 0.2) is 5.78 Å². The Balaban J connectivity index is 2.76. The molecule has 13 heavy (non-hydrogen) atoms. The fourth-order valence-corrected chi connectivity index (χ4v) is 1.04. The number of hydrogen-bond donors (Lipinski definition) is 1. The zero-order valence-electron chi connectivity index (χ0n) is 7.90. The Labute approximate surface area is 76.9 Å². The van der Waals surface area contributed by atoms with Crippen molar-refractivity contribution >= 4 is 5.78 Å². The van der Waals surface area contributed by atoms with Crippen LogP contribution in [0.3, 0.4) is 0 Å². The molecular weight excluding hydrogens is 168 g/mol. The number of carbonyl (C=O) groups is 1. The smallest absolute Gasteiger partial charge is 0.156 e. The lowest BCUT2D eigenvalue weighted by Gasteiger charge is -2.07. The largest absolute Gasteiger partial charge is 0.325 e. The Morgan fingerprint density at radius 1 is 1.77 bits per heavy atom. The van der Waals surface area contributed by atoms with Crippen molar-refractivity contribution < 1.29 is 4.79 Å². The molecule has 2 N–H and O–H groups in total. The summed E-state index contributed by atoms with van der Waals surface area (Å²) in [6.07, 6.45) is 2.22. The van der Waals surface area contributed by atoms with Crippen molar-refractivity contribution in [2.75, 3.05) is 0 Å². The van der Waals surface area contributed by atoms with Crippen molar-refractivity contribution in [3.8, 4) is 0 Å². The Hall–Kier alpha value is -1.23. The molecule has 1 aromatic rings. The van der Waals surface area contributed by atoms with Crippen LogP contribution in [0.25, 0.3) is 0 Å². The number of hydrogen-bond acceptors (Lipinski definition) is 4. The van der Waals surface area contributed by atoms with Gasteiger partial charge in [-0.15, -0.1) is 5.10 Å². The van der Waals surface area contributed by atoms with E-state index in [4.69, 9.17) is 5.73 Å². The van der Waals surface area contributed by atoms with Crippen molar-refractivity contribution in [1.29, 1.82) is 0 Å². The average Bonchev–Trinajstić information content (AvgIpc) is 2.63. The van der Waals surface area contributed by atoms with E-state index in [1.807, 2.05) is 6.92 Å². The van der Waals surface area contributed by atoms with Gasteiger partial charge in [0.05, 0.1) is 11.9 Å².